The van der Waals surface area contributed by atoms with Crippen molar-refractivity contribution in [1.29, 1.82) is 0 Å². The first-order chi connectivity index (χ1) is 13.7. The molecule has 30 heavy (non-hydrogen) atoms. The lowest BCUT2D eigenvalue weighted by Crippen LogP contribution is -2.57. The van der Waals surface area contributed by atoms with Crippen LogP contribution in [0.5, 0.6) is 0 Å². The van der Waals surface area contributed by atoms with Gasteiger partial charge in [0, 0.05) is 5.41 Å². The van der Waals surface area contributed by atoms with E-state index in [0.29, 0.717) is 18.4 Å². The van der Waals surface area contributed by atoms with Crippen LogP contribution in [0.25, 0.3) is 0 Å². The summed E-state index contributed by atoms with van der Waals surface area (Å²) in [6, 6.07) is 0. The van der Waals surface area contributed by atoms with E-state index in [-0.39, 0.29) is 36.2 Å². The molecule has 5 atom stereocenters. The van der Waals surface area contributed by atoms with E-state index in [1.165, 1.54) is 5.57 Å². The van der Waals surface area contributed by atoms with Crippen LogP contribution >= 0.6 is 0 Å². The van der Waals surface area contributed by atoms with Crippen molar-refractivity contribution in [1.82, 2.24) is 0 Å². The van der Waals surface area contributed by atoms with Crippen molar-refractivity contribution in [3.05, 3.63) is 23.5 Å². The molecule has 3 rings (SSSR count). The Morgan fingerprint density at radius 3 is 2.33 bits per heavy atom. The van der Waals surface area contributed by atoms with E-state index >= 15 is 0 Å². The zero-order valence-corrected chi connectivity index (χ0v) is 19.2. The molecule has 0 aromatic heterocycles. The second-order valence-electron chi connectivity index (χ2n) is 10.7. The van der Waals surface area contributed by atoms with Gasteiger partial charge in [-0.3, -0.25) is 0 Å². The fourth-order valence-electron chi connectivity index (χ4n) is 5.69. The minimum absolute atomic E-state index is 0.0194. The molecule has 172 valence electrons. The number of allylic oxidation sites excluding steroid dienone is 1. The van der Waals surface area contributed by atoms with E-state index < -0.39 is 23.1 Å². The highest BCUT2D eigenvalue weighted by molar-refractivity contribution is 5.91. The summed E-state index contributed by atoms with van der Waals surface area (Å²) < 4.78 is 4.89. The molecule has 0 aromatic rings. The van der Waals surface area contributed by atoms with Gasteiger partial charge < -0.3 is 25.2 Å². The number of cyclic esters (lactones) is 1. The van der Waals surface area contributed by atoms with Crippen molar-refractivity contribution < 1.29 is 30.0 Å². The number of rotatable bonds is 4. The number of fused-ring (bicyclic) bond motifs is 1. The smallest absolute Gasteiger partial charge is 0.337 e. The van der Waals surface area contributed by atoms with E-state index in [9.17, 15) is 20.1 Å². The molecule has 0 aromatic carbocycles. The van der Waals surface area contributed by atoms with E-state index in [0.717, 1.165) is 25.7 Å². The molecular weight excluding hydrogens is 384 g/mol. The number of aliphatic hydroxyl groups is 4. The molecule has 2 saturated carbocycles. The topological polar surface area (TPSA) is 107 Å². The Labute approximate surface area is 180 Å². The summed E-state index contributed by atoms with van der Waals surface area (Å²) in [5.74, 6) is 0.0490. The number of hydrogen-bond donors (Lipinski definition) is 4. The van der Waals surface area contributed by atoms with Gasteiger partial charge >= 0.3 is 5.97 Å². The number of esters is 1. The number of carbonyl (C=O) groups excluding carboxylic acids is 1. The molecular formula is C24H40O6. The van der Waals surface area contributed by atoms with Gasteiger partial charge in [-0.15, -0.1) is 0 Å². The lowest BCUT2D eigenvalue weighted by Gasteiger charge is -2.60. The summed E-state index contributed by atoms with van der Waals surface area (Å²) in [6.07, 6.45) is 4.09. The van der Waals surface area contributed by atoms with Crippen molar-refractivity contribution in [2.45, 2.75) is 84.8 Å². The first-order valence-corrected chi connectivity index (χ1v) is 11.0. The zero-order valence-electron chi connectivity index (χ0n) is 19.2. The number of carbonyl (C=O) groups is 1. The van der Waals surface area contributed by atoms with Crippen molar-refractivity contribution in [2.24, 2.45) is 22.7 Å². The quantitative estimate of drug-likeness (QED) is 0.405. The van der Waals surface area contributed by atoms with Gasteiger partial charge in [-0.1, -0.05) is 26.0 Å². The van der Waals surface area contributed by atoms with E-state index in [4.69, 9.17) is 9.84 Å². The highest BCUT2D eigenvalue weighted by atomic mass is 16.5. The first kappa shape index (κ1) is 24.9. The fraction of sp³-hybridized carbons (Fsp3) is 0.792. The van der Waals surface area contributed by atoms with Crippen LogP contribution in [0.2, 0.25) is 0 Å². The summed E-state index contributed by atoms with van der Waals surface area (Å²) in [5, 5.41) is 38.9. The Morgan fingerprint density at radius 2 is 1.83 bits per heavy atom. The molecule has 6 nitrogen and oxygen atoms in total. The Hall–Kier alpha value is -1.37. The summed E-state index contributed by atoms with van der Waals surface area (Å²) in [4.78, 5) is 11.8. The fourth-order valence-corrected chi connectivity index (χ4v) is 5.69. The third kappa shape index (κ3) is 5.09. The average Bonchev–Trinajstić information content (AvgIpc) is 2.95. The Morgan fingerprint density at radius 1 is 1.23 bits per heavy atom. The highest BCUT2D eigenvalue weighted by Crippen LogP contribution is 2.61. The number of hydrogen-bond acceptors (Lipinski definition) is 6. The number of aliphatic hydroxyl groups excluding tert-OH is 3. The third-order valence-electron chi connectivity index (χ3n) is 7.31. The van der Waals surface area contributed by atoms with E-state index in [1.807, 2.05) is 6.92 Å². The summed E-state index contributed by atoms with van der Waals surface area (Å²) >= 11 is 0. The van der Waals surface area contributed by atoms with Gasteiger partial charge in [-0.25, -0.2) is 4.79 Å². The van der Waals surface area contributed by atoms with Crippen LogP contribution in [0.4, 0.5) is 0 Å². The largest absolute Gasteiger partial charge is 0.508 e. The van der Waals surface area contributed by atoms with Crippen LogP contribution in [0.15, 0.2) is 23.5 Å². The molecule has 6 heteroatoms. The van der Waals surface area contributed by atoms with Crippen molar-refractivity contribution >= 4 is 5.97 Å². The van der Waals surface area contributed by atoms with E-state index in [2.05, 4.69) is 13.5 Å². The van der Waals surface area contributed by atoms with Gasteiger partial charge in [-0.2, -0.15) is 0 Å². The molecule has 2 aliphatic carbocycles. The van der Waals surface area contributed by atoms with E-state index in [1.54, 1.807) is 20.8 Å². The van der Waals surface area contributed by atoms with Gasteiger partial charge in [0.05, 0.1) is 23.9 Å². The average molecular weight is 425 g/mol. The third-order valence-corrected chi connectivity index (χ3v) is 7.31. The maximum atomic E-state index is 11.8. The van der Waals surface area contributed by atoms with Crippen molar-refractivity contribution in [3.8, 4) is 0 Å². The summed E-state index contributed by atoms with van der Waals surface area (Å²) in [7, 11) is 0. The van der Waals surface area contributed by atoms with Crippen molar-refractivity contribution in [3.63, 3.8) is 0 Å². The maximum Gasteiger partial charge on any atom is 0.337 e. The second kappa shape index (κ2) is 9.01. The standard InChI is InChI=1S/C20H30O5.C4H10O/c1-12-4-7-16-19(2,9-8-17(23)20(16,3)11-21)14(12)6-5-13-15(22)10-25-18(13)24;1-4(2,3)5/h14,16-17,21-23H,1,4-11H2,2-3H3;5H,1-3H3/t14-,16+,17-,19+,20+;/m1./s1. The minimum atomic E-state index is -0.500. The Bertz CT molecular complexity index is 684. The first-order valence-electron chi connectivity index (χ1n) is 11.0. The SMILES string of the molecule is C=C1CC[C@@H]2[C@](C)(CO)[C@H](O)CC[C@@]2(C)[C@@H]1CCC1=C(O)COC1=O.CC(C)(C)O. The van der Waals surface area contributed by atoms with Gasteiger partial charge in [-0.05, 0) is 76.5 Å². The maximum absolute atomic E-state index is 11.8. The second-order valence-corrected chi connectivity index (χ2v) is 10.7. The molecule has 1 heterocycles. The van der Waals surface area contributed by atoms with Crippen LogP contribution in [0.3, 0.4) is 0 Å². The Kier molecular flexibility index (Phi) is 7.48. The normalized spacial score (nSPS) is 36.7. The minimum Gasteiger partial charge on any atom is -0.508 e. The molecule has 0 bridgehead atoms. The van der Waals surface area contributed by atoms with Crippen LogP contribution in [-0.2, 0) is 9.53 Å². The molecule has 1 aliphatic heterocycles. The number of ether oxygens (including phenoxy) is 1. The molecule has 0 unspecified atom stereocenters. The molecule has 3 aliphatic rings. The van der Waals surface area contributed by atoms with Crippen molar-refractivity contribution in [2.75, 3.05) is 13.2 Å². The van der Waals surface area contributed by atoms with Crippen LogP contribution < -0.4 is 0 Å². The summed E-state index contributed by atoms with van der Waals surface area (Å²) in [6.45, 7) is 13.7. The van der Waals surface area contributed by atoms with Crippen LogP contribution in [-0.4, -0.2) is 51.3 Å². The predicted octanol–water partition coefficient (Wildman–Crippen LogP) is 3.65. The van der Waals surface area contributed by atoms with Gasteiger partial charge in [0.1, 0.15) is 12.4 Å². The van der Waals surface area contributed by atoms with Crippen LogP contribution in [0.1, 0.15) is 73.1 Å². The molecule has 0 radical (unpaired) electrons. The molecule has 4 N–H and O–H groups in total. The van der Waals surface area contributed by atoms with Gasteiger partial charge in [0.25, 0.3) is 0 Å². The van der Waals surface area contributed by atoms with Gasteiger partial charge in [0.15, 0.2) is 0 Å². The lowest BCUT2D eigenvalue weighted by atomic mass is 9.46. The molecule has 2 fully saturated rings. The lowest BCUT2D eigenvalue weighted by molar-refractivity contribution is -0.152. The molecule has 0 amide bonds. The molecule has 0 saturated heterocycles. The zero-order chi connectivity index (χ0) is 22.9. The monoisotopic (exact) mass is 424 g/mol. The Balaban J connectivity index is 0.000000575. The summed E-state index contributed by atoms with van der Waals surface area (Å²) in [5.41, 5.74) is 0.505. The van der Waals surface area contributed by atoms with Crippen LogP contribution in [0, 0.1) is 22.7 Å². The van der Waals surface area contributed by atoms with Gasteiger partial charge in [0.2, 0.25) is 0 Å². The molecule has 0 spiro atoms. The highest BCUT2D eigenvalue weighted by Gasteiger charge is 2.57. The predicted molar refractivity (Wildman–Crippen MR) is 116 cm³/mol.